The van der Waals surface area contributed by atoms with E-state index < -0.39 is 0 Å². The molecule has 0 aromatic carbocycles. The molecule has 1 atom stereocenters. The van der Waals surface area contributed by atoms with Gasteiger partial charge in [-0.3, -0.25) is 0 Å². The highest BCUT2D eigenvalue weighted by Gasteiger charge is 2.06. The fraction of sp³-hybridized carbons (Fsp3) is 0.600. The van der Waals surface area contributed by atoms with Crippen LogP contribution in [0.2, 0.25) is 0 Å². The van der Waals surface area contributed by atoms with Crippen molar-refractivity contribution in [3.63, 3.8) is 0 Å². The molecule has 1 unspecified atom stereocenters. The van der Waals surface area contributed by atoms with E-state index in [1.807, 2.05) is 19.9 Å². The SMILES string of the molecule is CCC(CO)Nc1cc(C)nc(NC)n1. The molecule has 0 radical (unpaired) electrons. The number of hydrogen-bond acceptors (Lipinski definition) is 5. The molecule has 0 bridgehead atoms. The Morgan fingerprint density at radius 2 is 2.20 bits per heavy atom. The highest BCUT2D eigenvalue weighted by molar-refractivity contribution is 5.42. The first-order valence-electron chi connectivity index (χ1n) is 5.10. The van der Waals surface area contributed by atoms with Crippen LogP contribution in [0.3, 0.4) is 0 Å². The molecule has 1 heterocycles. The van der Waals surface area contributed by atoms with Crippen molar-refractivity contribution in [3.05, 3.63) is 11.8 Å². The standard InChI is InChI=1S/C10H18N4O/c1-4-8(6-15)13-9-5-7(2)12-10(11-3)14-9/h5,8,15H,4,6H2,1-3H3,(H2,11,12,13,14). The van der Waals surface area contributed by atoms with Crippen LogP contribution in [-0.4, -0.2) is 34.8 Å². The van der Waals surface area contributed by atoms with E-state index in [2.05, 4.69) is 20.6 Å². The molecule has 3 N–H and O–H groups in total. The zero-order valence-electron chi connectivity index (χ0n) is 9.41. The van der Waals surface area contributed by atoms with Crippen LogP contribution in [0.5, 0.6) is 0 Å². The third-order valence-corrected chi connectivity index (χ3v) is 2.14. The number of aromatic nitrogens is 2. The van der Waals surface area contributed by atoms with Gasteiger partial charge in [0.05, 0.1) is 12.6 Å². The number of aryl methyl sites for hydroxylation is 1. The second kappa shape index (κ2) is 5.50. The Labute approximate surface area is 90.0 Å². The van der Waals surface area contributed by atoms with Gasteiger partial charge in [0.1, 0.15) is 5.82 Å². The first kappa shape index (κ1) is 11.7. The number of nitrogens with zero attached hydrogens (tertiary/aromatic N) is 2. The highest BCUT2D eigenvalue weighted by atomic mass is 16.3. The molecular formula is C10H18N4O. The first-order valence-corrected chi connectivity index (χ1v) is 5.10. The monoisotopic (exact) mass is 210 g/mol. The molecule has 15 heavy (non-hydrogen) atoms. The number of rotatable bonds is 5. The Kier molecular flexibility index (Phi) is 4.30. The maximum absolute atomic E-state index is 9.06. The third kappa shape index (κ3) is 3.36. The van der Waals surface area contributed by atoms with Gasteiger partial charge >= 0.3 is 0 Å². The second-order valence-corrected chi connectivity index (χ2v) is 3.40. The van der Waals surface area contributed by atoms with Gasteiger partial charge < -0.3 is 15.7 Å². The molecule has 84 valence electrons. The predicted octanol–water partition coefficient (Wildman–Crippen LogP) is 1.01. The van der Waals surface area contributed by atoms with Crippen LogP contribution < -0.4 is 10.6 Å². The Balaban J connectivity index is 2.79. The maximum atomic E-state index is 9.06. The second-order valence-electron chi connectivity index (χ2n) is 3.40. The molecule has 1 rings (SSSR count). The molecule has 0 saturated carbocycles. The lowest BCUT2D eigenvalue weighted by Crippen LogP contribution is -2.23. The molecule has 5 heteroatoms. The molecule has 1 aromatic heterocycles. The maximum Gasteiger partial charge on any atom is 0.224 e. The summed E-state index contributed by atoms with van der Waals surface area (Å²) in [4.78, 5) is 8.43. The Morgan fingerprint density at radius 1 is 1.47 bits per heavy atom. The molecule has 0 fully saturated rings. The molecule has 0 amide bonds. The molecule has 0 aliphatic carbocycles. The zero-order chi connectivity index (χ0) is 11.3. The fourth-order valence-corrected chi connectivity index (χ4v) is 1.24. The van der Waals surface area contributed by atoms with Crippen LogP contribution in [0, 0.1) is 6.92 Å². The molecule has 5 nitrogen and oxygen atoms in total. The first-order chi connectivity index (χ1) is 7.19. The van der Waals surface area contributed by atoms with Crippen LogP contribution in [0.25, 0.3) is 0 Å². The van der Waals surface area contributed by atoms with Crippen LogP contribution >= 0.6 is 0 Å². The van der Waals surface area contributed by atoms with E-state index in [0.717, 1.165) is 17.9 Å². The molecule has 0 aliphatic heterocycles. The van der Waals surface area contributed by atoms with Crippen molar-refractivity contribution in [1.82, 2.24) is 9.97 Å². The van der Waals surface area contributed by atoms with Gasteiger partial charge in [0.2, 0.25) is 5.95 Å². The minimum absolute atomic E-state index is 0.0454. The van der Waals surface area contributed by atoms with Crippen molar-refractivity contribution in [2.24, 2.45) is 0 Å². The van der Waals surface area contributed by atoms with Gasteiger partial charge in [-0.05, 0) is 13.3 Å². The smallest absolute Gasteiger partial charge is 0.224 e. The highest BCUT2D eigenvalue weighted by Crippen LogP contribution is 2.10. The summed E-state index contributed by atoms with van der Waals surface area (Å²) >= 11 is 0. The number of hydrogen-bond donors (Lipinski definition) is 3. The molecular weight excluding hydrogens is 192 g/mol. The van der Waals surface area contributed by atoms with Gasteiger partial charge in [-0.25, -0.2) is 4.98 Å². The van der Waals surface area contributed by atoms with E-state index in [9.17, 15) is 0 Å². The van der Waals surface area contributed by atoms with E-state index in [1.165, 1.54) is 0 Å². The van der Waals surface area contributed by atoms with Crippen LogP contribution in [0.4, 0.5) is 11.8 Å². The van der Waals surface area contributed by atoms with E-state index in [-0.39, 0.29) is 12.6 Å². The summed E-state index contributed by atoms with van der Waals surface area (Å²) in [7, 11) is 1.78. The molecule has 0 saturated heterocycles. The summed E-state index contributed by atoms with van der Waals surface area (Å²) in [5.41, 5.74) is 0.893. The lowest BCUT2D eigenvalue weighted by Gasteiger charge is -2.15. The normalized spacial score (nSPS) is 12.3. The molecule has 0 spiro atoms. The number of anilines is 2. The summed E-state index contributed by atoms with van der Waals surface area (Å²) in [5.74, 6) is 1.33. The van der Waals surface area contributed by atoms with E-state index in [4.69, 9.17) is 5.11 Å². The summed E-state index contributed by atoms with van der Waals surface area (Å²) in [6.07, 6.45) is 0.856. The Bertz CT molecular complexity index is 312. The van der Waals surface area contributed by atoms with E-state index in [0.29, 0.717) is 5.95 Å². The largest absolute Gasteiger partial charge is 0.394 e. The van der Waals surface area contributed by atoms with E-state index in [1.54, 1.807) is 7.05 Å². The van der Waals surface area contributed by atoms with Crippen molar-refractivity contribution in [3.8, 4) is 0 Å². The zero-order valence-corrected chi connectivity index (χ0v) is 9.41. The van der Waals surface area contributed by atoms with Crippen LogP contribution in [-0.2, 0) is 0 Å². The van der Waals surface area contributed by atoms with Crippen molar-refractivity contribution in [2.45, 2.75) is 26.3 Å². The summed E-state index contributed by atoms with van der Waals surface area (Å²) in [6, 6.07) is 1.91. The van der Waals surface area contributed by atoms with Crippen LogP contribution in [0.15, 0.2) is 6.07 Å². The van der Waals surface area contributed by atoms with Gasteiger partial charge in [0.15, 0.2) is 0 Å². The lowest BCUT2D eigenvalue weighted by atomic mass is 10.2. The number of aliphatic hydroxyl groups excluding tert-OH is 1. The number of aliphatic hydroxyl groups is 1. The number of nitrogens with one attached hydrogen (secondary N) is 2. The predicted molar refractivity (Wildman–Crippen MR) is 61.1 cm³/mol. The quantitative estimate of drug-likeness (QED) is 0.676. The summed E-state index contributed by atoms with van der Waals surface area (Å²) in [6.45, 7) is 4.03. The minimum Gasteiger partial charge on any atom is -0.394 e. The summed E-state index contributed by atoms with van der Waals surface area (Å²) in [5, 5.41) is 15.1. The molecule has 0 aliphatic rings. The van der Waals surface area contributed by atoms with Gasteiger partial charge in [-0.15, -0.1) is 0 Å². The minimum atomic E-state index is 0.0454. The fourth-order valence-electron chi connectivity index (χ4n) is 1.24. The lowest BCUT2D eigenvalue weighted by molar-refractivity contribution is 0.271. The van der Waals surface area contributed by atoms with E-state index >= 15 is 0 Å². The summed E-state index contributed by atoms with van der Waals surface area (Å²) < 4.78 is 0. The average molecular weight is 210 g/mol. The van der Waals surface area contributed by atoms with Gasteiger partial charge in [0.25, 0.3) is 0 Å². The molecule has 1 aromatic rings. The Morgan fingerprint density at radius 3 is 2.73 bits per heavy atom. The van der Waals surface area contributed by atoms with Gasteiger partial charge in [-0.1, -0.05) is 6.92 Å². The van der Waals surface area contributed by atoms with Crippen molar-refractivity contribution < 1.29 is 5.11 Å². The van der Waals surface area contributed by atoms with Crippen molar-refractivity contribution in [1.29, 1.82) is 0 Å². The van der Waals surface area contributed by atoms with Crippen molar-refractivity contribution in [2.75, 3.05) is 24.3 Å². The van der Waals surface area contributed by atoms with Gasteiger partial charge in [-0.2, -0.15) is 4.98 Å². The van der Waals surface area contributed by atoms with Crippen molar-refractivity contribution >= 4 is 11.8 Å². The van der Waals surface area contributed by atoms with Crippen LogP contribution in [0.1, 0.15) is 19.0 Å². The Hall–Kier alpha value is -1.36. The topological polar surface area (TPSA) is 70.1 Å². The van der Waals surface area contributed by atoms with Gasteiger partial charge in [0, 0.05) is 18.8 Å². The third-order valence-electron chi connectivity index (χ3n) is 2.14. The average Bonchev–Trinajstić information content (AvgIpc) is 2.25.